The van der Waals surface area contributed by atoms with Gasteiger partial charge < -0.3 is 4.90 Å². The minimum Gasteiger partial charge on any atom is -0.368 e. The van der Waals surface area contributed by atoms with Crippen molar-refractivity contribution in [3.63, 3.8) is 0 Å². The quantitative estimate of drug-likeness (QED) is 0.132. The zero-order valence-corrected chi connectivity index (χ0v) is 29.1. The van der Waals surface area contributed by atoms with Crippen molar-refractivity contribution >= 4 is 38.4 Å². The number of aryl methyl sites for hydroxylation is 4. The van der Waals surface area contributed by atoms with Crippen molar-refractivity contribution in [2.75, 3.05) is 37.6 Å². The van der Waals surface area contributed by atoms with Crippen molar-refractivity contribution in [3.8, 4) is 6.07 Å². The molecule has 1 saturated heterocycles. The first kappa shape index (κ1) is 32.9. The Morgan fingerprint density at radius 1 is 0.787 bits per heavy atom. The molecular formula is C39H42N4O2S2. The summed E-state index contributed by atoms with van der Waals surface area (Å²) >= 11 is 1.86. The monoisotopic (exact) mass is 662 g/mol. The standard InChI is InChI=1S/C39H42N4O2S2/c1-29-12-16-34(17-13-29)47(44,45)43-28-33(35-26-32(27-40)15-18-36(35)43)9-5-4-8-20-41-21-23-42(24-22-41)37-10-6-7-11-39(37)46-38-19-14-30(2)25-31(38)3/h6-7,10-19,25-26,28H,4-5,8-9,20-24H2,1-3H3. The van der Waals surface area contributed by atoms with Gasteiger partial charge in [0.15, 0.2) is 0 Å². The van der Waals surface area contributed by atoms with E-state index in [1.165, 1.54) is 30.6 Å². The number of para-hydroxylation sites is 1. The molecule has 0 unspecified atom stereocenters. The molecule has 1 fully saturated rings. The van der Waals surface area contributed by atoms with Crippen LogP contribution >= 0.6 is 11.8 Å². The minimum absolute atomic E-state index is 0.264. The Balaban J connectivity index is 1.04. The molecule has 0 aliphatic carbocycles. The maximum atomic E-state index is 13.6. The van der Waals surface area contributed by atoms with E-state index in [-0.39, 0.29) is 4.90 Å². The molecule has 8 heteroatoms. The molecule has 6 nitrogen and oxygen atoms in total. The highest BCUT2D eigenvalue weighted by Gasteiger charge is 2.22. The summed E-state index contributed by atoms with van der Waals surface area (Å²) < 4.78 is 28.6. The summed E-state index contributed by atoms with van der Waals surface area (Å²) in [5.41, 5.74) is 7.07. The van der Waals surface area contributed by atoms with Crippen molar-refractivity contribution in [2.45, 2.75) is 61.1 Å². The van der Waals surface area contributed by atoms with Gasteiger partial charge in [-0.2, -0.15) is 5.26 Å². The summed E-state index contributed by atoms with van der Waals surface area (Å²) in [4.78, 5) is 7.97. The molecule has 1 aliphatic rings. The van der Waals surface area contributed by atoms with Crippen LogP contribution in [0, 0.1) is 32.1 Å². The second-order valence-electron chi connectivity index (χ2n) is 12.6. The molecule has 0 spiro atoms. The summed E-state index contributed by atoms with van der Waals surface area (Å²) in [5, 5.41) is 10.4. The van der Waals surface area contributed by atoms with E-state index in [9.17, 15) is 13.7 Å². The average molecular weight is 663 g/mol. The number of unbranched alkanes of at least 4 members (excludes halogenated alkanes) is 2. The van der Waals surface area contributed by atoms with Crippen LogP contribution in [0.2, 0.25) is 0 Å². The summed E-state index contributed by atoms with van der Waals surface area (Å²) in [6, 6.07) is 29.9. The van der Waals surface area contributed by atoms with E-state index in [0.717, 1.165) is 74.9 Å². The minimum atomic E-state index is -3.76. The molecule has 0 amide bonds. The van der Waals surface area contributed by atoms with Gasteiger partial charge in [-0.25, -0.2) is 12.4 Å². The smallest absolute Gasteiger partial charge is 0.268 e. The number of nitriles is 1. The summed E-state index contributed by atoms with van der Waals surface area (Å²) in [5.74, 6) is 0. The van der Waals surface area contributed by atoms with Crippen LogP contribution in [0.25, 0.3) is 10.9 Å². The van der Waals surface area contributed by atoms with Crippen LogP contribution in [0.4, 0.5) is 5.69 Å². The number of aromatic nitrogens is 1. The Hall–Kier alpha value is -4.03. The number of benzene rings is 4. The van der Waals surface area contributed by atoms with Crippen LogP contribution < -0.4 is 4.90 Å². The van der Waals surface area contributed by atoms with E-state index in [4.69, 9.17) is 0 Å². The van der Waals surface area contributed by atoms with Crippen molar-refractivity contribution in [1.29, 1.82) is 5.26 Å². The molecule has 242 valence electrons. The van der Waals surface area contributed by atoms with Gasteiger partial charge in [-0.3, -0.25) is 4.90 Å². The lowest BCUT2D eigenvalue weighted by Gasteiger charge is -2.37. The number of hydrogen-bond acceptors (Lipinski definition) is 6. The van der Waals surface area contributed by atoms with Crippen molar-refractivity contribution in [2.24, 2.45) is 0 Å². The normalized spacial score (nSPS) is 14.0. The first-order valence-electron chi connectivity index (χ1n) is 16.4. The van der Waals surface area contributed by atoms with Gasteiger partial charge in [0.05, 0.1) is 27.7 Å². The third kappa shape index (κ3) is 7.43. The van der Waals surface area contributed by atoms with Gasteiger partial charge in [-0.05, 0) is 106 Å². The van der Waals surface area contributed by atoms with Gasteiger partial charge in [0.2, 0.25) is 0 Å². The number of rotatable bonds is 11. The van der Waals surface area contributed by atoms with Gasteiger partial charge in [-0.15, -0.1) is 0 Å². The maximum absolute atomic E-state index is 13.6. The zero-order valence-electron chi connectivity index (χ0n) is 27.4. The number of anilines is 1. The van der Waals surface area contributed by atoms with Gasteiger partial charge in [-0.1, -0.05) is 65.7 Å². The molecule has 1 aliphatic heterocycles. The number of nitrogens with zero attached hydrogens (tertiary/aromatic N) is 4. The zero-order chi connectivity index (χ0) is 33.0. The molecule has 6 rings (SSSR count). The number of piperazine rings is 1. The van der Waals surface area contributed by atoms with Crippen LogP contribution in [-0.2, 0) is 16.4 Å². The molecule has 2 heterocycles. The molecule has 4 aromatic carbocycles. The molecule has 1 aromatic heterocycles. The van der Waals surface area contributed by atoms with Crippen LogP contribution in [0.15, 0.2) is 106 Å². The molecule has 47 heavy (non-hydrogen) atoms. The van der Waals surface area contributed by atoms with Gasteiger partial charge in [0, 0.05) is 47.6 Å². The topological polar surface area (TPSA) is 69.3 Å². The molecule has 0 bridgehead atoms. The third-order valence-electron chi connectivity index (χ3n) is 9.11. The van der Waals surface area contributed by atoms with Gasteiger partial charge >= 0.3 is 0 Å². The highest BCUT2D eigenvalue weighted by atomic mass is 32.2. The Labute approximate surface area is 283 Å². The third-order valence-corrected chi connectivity index (χ3v) is 12.0. The van der Waals surface area contributed by atoms with E-state index in [1.54, 1.807) is 30.5 Å². The van der Waals surface area contributed by atoms with Gasteiger partial charge in [0.1, 0.15) is 0 Å². The van der Waals surface area contributed by atoms with E-state index in [2.05, 4.69) is 72.2 Å². The molecule has 5 aromatic rings. The summed E-state index contributed by atoms with van der Waals surface area (Å²) in [7, 11) is -3.76. The summed E-state index contributed by atoms with van der Waals surface area (Å²) in [6.07, 6.45) is 5.65. The first-order chi connectivity index (χ1) is 22.7. The fourth-order valence-electron chi connectivity index (χ4n) is 6.43. The van der Waals surface area contributed by atoms with Crippen LogP contribution in [0.5, 0.6) is 0 Å². The maximum Gasteiger partial charge on any atom is 0.268 e. The average Bonchev–Trinajstić information content (AvgIpc) is 3.45. The fourth-order valence-corrected chi connectivity index (χ4v) is 8.87. The SMILES string of the molecule is Cc1ccc(S(=O)(=O)n2cc(CCCCCN3CCN(c4ccccc4Sc4ccc(C)cc4C)CC3)c3cc(C#N)ccc32)cc1. The van der Waals surface area contributed by atoms with E-state index in [1.807, 2.05) is 36.9 Å². The number of fused-ring (bicyclic) bond motifs is 1. The highest BCUT2D eigenvalue weighted by molar-refractivity contribution is 7.99. The summed E-state index contributed by atoms with van der Waals surface area (Å²) in [6.45, 7) is 11.5. The van der Waals surface area contributed by atoms with Crippen LogP contribution in [0.3, 0.4) is 0 Å². The Bertz CT molecular complexity index is 2020. The van der Waals surface area contributed by atoms with Crippen molar-refractivity contribution in [3.05, 3.63) is 119 Å². The predicted molar refractivity (Wildman–Crippen MR) is 193 cm³/mol. The fraction of sp³-hybridized carbons (Fsp3) is 0.308. The van der Waals surface area contributed by atoms with Crippen molar-refractivity contribution < 1.29 is 8.42 Å². The van der Waals surface area contributed by atoms with E-state index >= 15 is 0 Å². The van der Waals surface area contributed by atoms with Gasteiger partial charge in [0.25, 0.3) is 10.0 Å². The number of hydrogen-bond donors (Lipinski definition) is 0. The second-order valence-corrected chi connectivity index (χ2v) is 15.5. The lowest BCUT2D eigenvalue weighted by molar-refractivity contribution is 0.252. The van der Waals surface area contributed by atoms with E-state index in [0.29, 0.717) is 11.1 Å². The molecule has 0 N–H and O–H groups in total. The molecule has 0 saturated carbocycles. The lowest BCUT2D eigenvalue weighted by atomic mass is 10.0. The molecular weight excluding hydrogens is 621 g/mol. The Kier molecular flexibility index (Phi) is 10.1. The van der Waals surface area contributed by atoms with Crippen LogP contribution in [0.1, 0.15) is 47.1 Å². The Morgan fingerprint density at radius 3 is 2.28 bits per heavy atom. The first-order valence-corrected chi connectivity index (χ1v) is 18.7. The predicted octanol–water partition coefficient (Wildman–Crippen LogP) is 8.36. The Morgan fingerprint density at radius 2 is 1.53 bits per heavy atom. The van der Waals surface area contributed by atoms with Crippen LogP contribution in [-0.4, -0.2) is 50.0 Å². The largest absolute Gasteiger partial charge is 0.368 e. The molecule has 0 atom stereocenters. The highest BCUT2D eigenvalue weighted by Crippen LogP contribution is 2.37. The van der Waals surface area contributed by atoms with E-state index < -0.39 is 10.0 Å². The lowest BCUT2D eigenvalue weighted by Crippen LogP contribution is -2.46. The van der Waals surface area contributed by atoms with Crippen molar-refractivity contribution in [1.82, 2.24) is 8.87 Å². The second kappa shape index (κ2) is 14.4. The molecule has 0 radical (unpaired) electrons.